The van der Waals surface area contributed by atoms with Crippen LogP contribution in [-0.2, 0) is 6.61 Å². The molecule has 1 atom stereocenters. The predicted molar refractivity (Wildman–Crippen MR) is 76.7 cm³/mol. The molecular formula is C14H20BrNO2. The second-order valence-electron chi connectivity index (χ2n) is 5.01. The molecule has 0 bridgehead atoms. The number of hydrogen-bond donors (Lipinski definition) is 2. The van der Waals surface area contributed by atoms with Gasteiger partial charge in [0.2, 0.25) is 0 Å². The van der Waals surface area contributed by atoms with E-state index in [1.54, 1.807) is 0 Å². The first-order valence-electron chi connectivity index (χ1n) is 6.44. The monoisotopic (exact) mass is 313 g/mol. The largest absolute Gasteiger partial charge is 0.393 e. The summed E-state index contributed by atoms with van der Waals surface area (Å²) in [5, 5.41) is 18.7. The van der Waals surface area contributed by atoms with Gasteiger partial charge in [0.05, 0.1) is 18.4 Å². The third-order valence-electron chi connectivity index (χ3n) is 3.76. The van der Waals surface area contributed by atoms with Gasteiger partial charge in [0.1, 0.15) is 0 Å². The summed E-state index contributed by atoms with van der Waals surface area (Å²) in [6, 6.07) is 5.98. The van der Waals surface area contributed by atoms with Gasteiger partial charge < -0.3 is 15.1 Å². The summed E-state index contributed by atoms with van der Waals surface area (Å²) in [6.07, 6.45) is 1.87. The van der Waals surface area contributed by atoms with Crippen molar-refractivity contribution in [2.75, 3.05) is 18.0 Å². The maximum absolute atomic E-state index is 9.60. The van der Waals surface area contributed by atoms with E-state index >= 15 is 0 Å². The highest BCUT2D eigenvalue weighted by atomic mass is 79.9. The van der Waals surface area contributed by atoms with Gasteiger partial charge in [-0.3, -0.25) is 0 Å². The van der Waals surface area contributed by atoms with Crippen molar-refractivity contribution in [3.63, 3.8) is 0 Å². The summed E-state index contributed by atoms with van der Waals surface area (Å²) in [5.41, 5.74) is 2.10. The van der Waals surface area contributed by atoms with Crippen molar-refractivity contribution in [1.29, 1.82) is 0 Å². The van der Waals surface area contributed by atoms with Crippen LogP contribution >= 0.6 is 15.9 Å². The van der Waals surface area contributed by atoms with Crippen molar-refractivity contribution >= 4 is 21.6 Å². The number of nitrogens with zero attached hydrogens (tertiary/aromatic N) is 1. The van der Waals surface area contributed by atoms with E-state index in [9.17, 15) is 5.11 Å². The van der Waals surface area contributed by atoms with Crippen molar-refractivity contribution in [1.82, 2.24) is 0 Å². The van der Waals surface area contributed by atoms with Crippen LogP contribution in [0, 0.1) is 5.92 Å². The molecule has 1 saturated heterocycles. The zero-order valence-corrected chi connectivity index (χ0v) is 12.2. The van der Waals surface area contributed by atoms with Gasteiger partial charge in [0.15, 0.2) is 0 Å². The molecule has 0 aliphatic carbocycles. The van der Waals surface area contributed by atoms with Gasteiger partial charge in [-0.05, 0) is 59.3 Å². The Kier molecular flexibility index (Phi) is 4.65. The molecule has 0 spiro atoms. The number of aliphatic hydroxyl groups is 2. The Bertz CT molecular complexity index is 401. The minimum absolute atomic E-state index is 0.0724. The Labute approximate surface area is 117 Å². The summed E-state index contributed by atoms with van der Waals surface area (Å²) in [6.45, 7) is 3.91. The number of anilines is 1. The van der Waals surface area contributed by atoms with Crippen LogP contribution in [-0.4, -0.2) is 29.4 Å². The number of benzene rings is 1. The van der Waals surface area contributed by atoms with Gasteiger partial charge in [0, 0.05) is 17.6 Å². The van der Waals surface area contributed by atoms with Crippen LogP contribution in [0.15, 0.2) is 22.7 Å². The molecule has 4 heteroatoms. The number of rotatable bonds is 3. The highest BCUT2D eigenvalue weighted by molar-refractivity contribution is 9.10. The van der Waals surface area contributed by atoms with Crippen LogP contribution in [0.5, 0.6) is 0 Å². The van der Waals surface area contributed by atoms with Gasteiger partial charge >= 0.3 is 0 Å². The van der Waals surface area contributed by atoms with Crippen molar-refractivity contribution < 1.29 is 10.2 Å². The first-order valence-corrected chi connectivity index (χ1v) is 7.23. The molecule has 100 valence electrons. The molecule has 1 aromatic carbocycles. The van der Waals surface area contributed by atoms with Crippen LogP contribution in [0.3, 0.4) is 0 Å². The van der Waals surface area contributed by atoms with Crippen LogP contribution in [0.25, 0.3) is 0 Å². The van der Waals surface area contributed by atoms with Gasteiger partial charge in [-0.2, -0.15) is 0 Å². The van der Waals surface area contributed by atoms with E-state index in [0.717, 1.165) is 36.0 Å². The van der Waals surface area contributed by atoms with Crippen LogP contribution < -0.4 is 4.90 Å². The predicted octanol–water partition coefficient (Wildman–Crippen LogP) is 2.54. The smallest absolute Gasteiger partial charge is 0.0682 e. The molecular weight excluding hydrogens is 294 g/mol. The molecule has 0 aromatic heterocycles. The van der Waals surface area contributed by atoms with Crippen LogP contribution in [0.2, 0.25) is 0 Å². The van der Waals surface area contributed by atoms with Crippen molar-refractivity contribution in [2.45, 2.75) is 32.5 Å². The molecule has 1 aliphatic rings. The fraction of sp³-hybridized carbons (Fsp3) is 0.571. The zero-order chi connectivity index (χ0) is 13.1. The van der Waals surface area contributed by atoms with E-state index in [-0.39, 0.29) is 12.7 Å². The average molecular weight is 314 g/mol. The summed E-state index contributed by atoms with van der Waals surface area (Å²) in [5.74, 6) is 0.428. The molecule has 0 saturated carbocycles. The van der Waals surface area contributed by atoms with Crippen molar-refractivity contribution in [2.24, 2.45) is 5.92 Å². The molecule has 0 amide bonds. The lowest BCUT2D eigenvalue weighted by molar-refractivity contribution is 0.110. The Morgan fingerprint density at radius 1 is 1.39 bits per heavy atom. The topological polar surface area (TPSA) is 43.7 Å². The molecule has 0 radical (unpaired) electrons. The number of aliphatic hydroxyl groups excluding tert-OH is 2. The maximum Gasteiger partial charge on any atom is 0.0682 e. The van der Waals surface area contributed by atoms with E-state index in [4.69, 9.17) is 5.11 Å². The second kappa shape index (κ2) is 6.04. The van der Waals surface area contributed by atoms with Gasteiger partial charge in [-0.25, -0.2) is 0 Å². The van der Waals surface area contributed by atoms with Gasteiger partial charge in [0.25, 0.3) is 0 Å². The maximum atomic E-state index is 9.60. The van der Waals surface area contributed by atoms with Gasteiger partial charge in [-0.15, -0.1) is 0 Å². The Hall–Kier alpha value is -0.580. The molecule has 1 aromatic rings. The highest BCUT2D eigenvalue weighted by Gasteiger charge is 2.23. The molecule has 3 nitrogen and oxygen atoms in total. The molecule has 2 N–H and O–H groups in total. The summed E-state index contributed by atoms with van der Waals surface area (Å²) in [4.78, 5) is 2.34. The quantitative estimate of drug-likeness (QED) is 0.901. The first kappa shape index (κ1) is 13.8. The third-order valence-corrected chi connectivity index (χ3v) is 4.39. The van der Waals surface area contributed by atoms with Gasteiger partial charge in [-0.1, -0.05) is 6.07 Å². The molecule has 1 heterocycles. The third kappa shape index (κ3) is 3.05. The SMILES string of the molecule is CC(O)C1CCN(c2ccc(CO)cc2Br)CC1. The van der Waals surface area contributed by atoms with Crippen LogP contribution in [0.1, 0.15) is 25.3 Å². The number of hydrogen-bond acceptors (Lipinski definition) is 3. The van der Waals surface area contributed by atoms with E-state index < -0.39 is 0 Å². The lowest BCUT2D eigenvalue weighted by Gasteiger charge is -2.35. The second-order valence-corrected chi connectivity index (χ2v) is 5.86. The standard InChI is InChI=1S/C14H20BrNO2/c1-10(18)12-4-6-16(7-5-12)14-3-2-11(9-17)8-13(14)15/h2-3,8,10,12,17-18H,4-7,9H2,1H3. The Morgan fingerprint density at radius 3 is 2.56 bits per heavy atom. The average Bonchev–Trinajstić information content (AvgIpc) is 2.38. The Balaban J connectivity index is 2.05. The molecule has 2 rings (SSSR count). The van der Waals surface area contributed by atoms with E-state index in [0.29, 0.717) is 5.92 Å². The van der Waals surface area contributed by atoms with E-state index in [1.165, 1.54) is 5.69 Å². The van der Waals surface area contributed by atoms with E-state index in [2.05, 4.69) is 26.9 Å². The number of piperidine rings is 1. The fourth-order valence-corrected chi connectivity index (χ4v) is 3.20. The first-order chi connectivity index (χ1) is 8.61. The molecule has 1 unspecified atom stereocenters. The Morgan fingerprint density at radius 2 is 2.06 bits per heavy atom. The van der Waals surface area contributed by atoms with Crippen molar-refractivity contribution in [3.8, 4) is 0 Å². The fourth-order valence-electron chi connectivity index (χ4n) is 2.53. The molecule has 1 fully saturated rings. The minimum atomic E-state index is -0.202. The zero-order valence-electron chi connectivity index (χ0n) is 10.6. The van der Waals surface area contributed by atoms with E-state index in [1.807, 2.05) is 19.1 Å². The van der Waals surface area contributed by atoms with Crippen LogP contribution in [0.4, 0.5) is 5.69 Å². The summed E-state index contributed by atoms with van der Waals surface area (Å²) < 4.78 is 1.03. The number of halogens is 1. The molecule has 1 aliphatic heterocycles. The lowest BCUT2D eigenvalue weighted by atomic mass is 9.92. The minimum Gasteiger partial charge on any atom is -0.393 e. The van der Waals surface area contributed by atoms with Crippen molar-refractivity contribution in [3.05, 3.63) is 28.2 Å². The normalized spacial score (nSPS) is 19.0. The molecule has 18 heavy (non-hydrogen) atoms. The lowest BCUT2D eigenvalue weighted by Crippen LogP contribution is -2.37. The summed E-state index contributed by atoms with van der Waals surface area (Å²) in [7, 11) is 0. The summed E-state index contributed by atoms with van der Waals surface area (Å²) >= 11 is 3.57. The highest BCUT2D eigenvalue weighted by Crippen LogP contribution is 2.31.